The maximum atomic E-state index is 11.9. The van der Waals surface area contributed by atoms with Gasteiger partial charge in [0.2, 0.25) is 0 Å². The SMILES string of the molecule is Cn1cccc1C(=O)NC1CCC(C(=O)O)C1. The van der Waals surface area contributed by atoms with Crippen LogP contribution in [0.25, 0.3) is 0 Å². The minimum atomic E-state index is -0.763. The molecule has 1 amide bonds. The number of carboxylic acid groups (broad SMARTS) is 1. The molecule has 5 heteroatoms. The zero-order valence-corrected chi connectivity index (χ0v) is 9.72. The number of rotatable bonds is 3. The number of nitrogens with one attached hydrogen (secondary N) is 1. The first-order chi connectivity index (χ1) is 8.08. The summed E-state index contributed by atoms with van der Waals surface area (Å²) < 4.78 is 1.75. The van der Waals surface area contributed by atoms with Gasteiger partial charge in [-0.05, 0) is 31.4 Å². The van der Waals surface area contributed by atoms with E-state index in [1.807, 2.05) is 19.3 Å². The molecule has 1 aromatic heterocycles. The molecule has 1 saturated carbocycles. The van der Waals surface area contributed by atoms with Crippen LogP contribution in [0, 0.1) is 5.92 Å². The maximum Gasteiger partial charge on any atom is 0.306 e. The third-order valence-corrected chi connectivity index (χ3v) is 3.29. The highest BCUT2D eigenvalue weighted by molar-refractivity contribution is 5.93. The Kier molecular flexibility index (Phi) is 3.17. The van der Waals surface area contributed by atoms with E-state index >= 15 is 0 Å². The van der Waals surface area contributed by atoms with Gasteiger partial charge in [-0.3, -0.25) is 9.59 Å². The third kappa shape index (κ3) is 2.49. The van der Waals surface area contributed by atoms with Gasteiger partial charge in [-0.2, -0.15) is 0 Å². The Morgan fingerprint density at radius 1 is 1.47 bits per heavy atom. The van der Waals surface area contributed by atoms with Crippen LogP contribution < -0.4 is 5.32 Å². The molecule has 0 aromatic carbocycles. The van der Waals surface area contributed by atoms with Gasteiger partial charge in [-0.25, -0.2) is 0 Å². The van der Waals surface area contributed by atoms with Crippen molar-refractivity contribution >= 4 is 11.9 Å². The van der Waals surface area contributed by atoms with Gasteiger partial charge in [-0.1, -0.05) is 0 Å². The monoisotopic (exact) mass is 236 g/mol. The summed E-state index contributed by atoms with van der Waals surface area (Å²) >= 11 is 0. The number of carbonyl (C=O) groups is 2. The number of hydrogen-bond donors (Lipinski definition) is 2. The molecular weight excluding hydrogens is 220 g/mol. The summed E-state index contributed by atoms with van der Waals surface area (Å²) in [5.41, 5.74) is 0.601. The van der Waals surface area contributed by atoms with Crippen molar-refractivity contribution in [1.82, 2.24) is 9.88 Å². The van der Waals surface area contributed by atoms with E-state index in [2.05, 4.69) is 5.32 Å². The number of aryl methyl sites for hydroxylation is 1. The van der Waals surface area contributed by atoms with Crippen molar-refractivity contribution in [2.75, 3.05) is 0 Å². The fourth-order valence-electron chi connectivity index (χ4n) is 2.29. The van der Waals surface area contributed by atoms with Crippen LogP contribution in [0.1, 0.15) is 29.8 Å². The van der Waals surface area contributed by atoms with E-state index in [4.69, 9.17) is 5.11 Å². The molecule has 0 aliphatic heterocycles. The van der Waals surface area contributed by atoms with Crippen LogP contribution in [0.2, 0.25) is 0 Å². The lowest BCUT2D eigenvalue weighted by atomic mass is 10.1. The van der Waals surface area contributed by atoms with Gasteiger partial charge in [0.05, 0.1) is 5.92 Å². The number of nitrogens with zero attached hydrogens (tertiary/aromatic N) is 1. The number of amides is 1. The molecule has 0 radical (unpaired) electrons. The average Bonchev–Trinajstić information content (AvgIpc) is 2.86. The van der Waals surface area contributed by atoms with Gasteiger partial charge in [0.1, 0.15) is 5.69 Å². The molecule has 1 aliphatic rings. The molecule has 1 aromatic rings. The normalized spacial score (nSPS) is 23.6. The standard InChI is InChI=1S/C12H16N2O3/c1-14-6-2-3-10(14)11(15)13-9-5-4-8(7-9)12(16)17/h2-3,6,8-9H,4-5,7H2,1H3,(H,13,15)(H,16,17). The van der Waals surface area contributed by atoms with E-state index in [-0.39, 0.29) is 17.9 Å². The number of aromatic nitrogens is 1. The van der Waals surface area contributed by atoms with Crippen LogP contribution in [0.4, 0.5) is 0 Å². The third-order valence-electron chi connectivity index (χ3n) is 3.29. The van der Waals surface area contributed by atoms with Crippen molar-refractivity contribution in [3.8, 4) is 0 Å². The van der Waals surface area contributed by atoms with Crippen molar-refractivity contribution in [2.45, 2.75) is 25.3 Å². The minimum Gasteiger partial charge on any atom is -0.481 e. The second-order valence-corrected chi connectivity index (χ2v) is 4.52. The Labute approximate surface area is 99.4 Å². The van der Waals surface area contributed by atoms with E-state index in [9.17, 15) is 9.59 Å². The summed E-state index contributed by atoms with van der Waals surface area (Å²) in [6.07, 6.45) is 3.73. The second-order valence-electron chi connectivity index (χ2n) is 4.52. The summed E-state index contributed by atoms with van der Waals surface area (Å²) in [4.78, 5) is 22.7. The molecule has 1 fully saturated rings. The van der Waals surface area contributed by atoms with Crippen LogP contribution >= 0.6 is 0 Å². The van der Waals surface area contributed by atoms with Gasteiger partial charge in [-0.15, -0.1) is 0 Å². The fourth-order valence-corrected chi connectivity index (χ4v) is 2.29. The maximum absolute atomic E-state index is 11.9. The zero-order valence-electron chi connectivity index (χ0n) is 9.72. The van der Waals surface area contributed by atoms with Gasteiger partial charge in [0, 0.05) is 19.3 Å². The van der Waals surface area contributed by atoms with Crippen molar-refractivity contribution in [2.24, 2.45) is 13.0 Å². The zero-order chi connectivity index (χ0) is 12.4. The Bertz CT molecular complexity index is 439. The van der Waals surface area contributed by atoms with Gasteiger partial charge in [0.15, 0.2) is 0 Å². The van der Waals surface area contributed by atoms with Crippen LogP contribution in [-0.2, 0) is 11.8 Å². The molecule has 5 nitrogen and oxygen atoms in total. The van der Waals surface area contributed by atoms with Crippen LogP contribution in [0.5, 0.6) is 0 Å². The minimum absolute atomic E-state index is 0.0153. The predicted octanol–water partition coefficient (Wildman–Crippen LogP) is 1.01. The summed E-state index contributed by atoms with van der Waals surface area (Å²) in [6.45, 7) is 0. The van der Waals surface area contributed by atoms with Gasteiger partial charge < -0.3 is 15.0 Å². The lowest BCUT2D eigenvalue weighted by Crippen LogP contribution is -2.34. The Hall–Kier alpha value is -1.78. The quantitative estimate of drug-likeness (QED) is 0.822. The predicted molar refractivity (Wildman–Crippen MR) is 61.6 cm³/mol. The Morgan fingerprint density at radius 2 is 2.24 bits per heavy atom. The highest BCUT2D eigenvalue weighted by Gasteiger charge is 2.30. The molecule has 0 saturated heterocycles. The molecular formula is C12H16N2O3. The number of aliphatic carboxylic acids is 1. The molecule has 2 atom stereocenters. The largest absolute Gasteiger partial charge is 0.481 e. The first-order valence-electron chi connectivity index (χ1n) is 5.73. The van der Waals surface area contributed by atoms with Crippen molar-refractivity contribution in [3.05, 3.63) is 24.0 Å². The summed E-state index contributed by atoms with van der Waals surface area (Å²) in [5.74, 6) is -1.21. The van der Waals surface area contributed by atoms with Crippen molar-refractivity contribution < 1.29 is 14.7 Å². The Balaban J connectivity index is 1.93. The average molecular weight is 236 g/mol. The highest BCUT2D eigenvalue weighted by atomic mass is 16.4. The van der Waals surface area contributed by atoms with Gasteiger partial charge >= 0.3 is 5.97 Å². The van der Waals surface area contributed by atoms with Gasteiger partial charge in [0.25, 0.3) is 5.91 Å². The smallest absolute Gasteiger partial charge is 0.306 e. The number of carboxylic acids is 1. The fraction of sp³-hybridized carbons (Fsp3) is 0.500. The van der Waals surface area contributed by atoms with Crippen molar-refractivity contribution in [1.29, 1.82) is 0 Å². The molecule has 2 rings (SSSR count). The van der Waals surface area contributed by atoms with E-state index in [0.717, 1.165) is 6.42 Å². The molecule has 1 heterocycles. The van der Waals surface area contributed by atoms with Crippen LogP contribution in [0.3, 0.4) is 0 Å². The van der Waals surface area contributed by atoms with E-state index in [0.29, 0.717) is 18.5 Å². The Morgan fingerprint density at radius 3 is 2.76 bits per heavy atom. The molecule has 2 unspecified atom stereocenters. The van der Waals surface area contributed by atoms with E-state index in [1.165, 1.54) is 0 Å². The molecule has 0 bridgehead atoms. The number of hydrogen-bond acceptors (Lipinski definition) is 2. The molecule has 0 spiro atoms. The summed E-state index contributed by atoms with van der Waals surface area (Å²) in [7, 11) is 1.81. The first kappa shape index (κ1) is 11.7. The van der Waals surface area contributed by atoms with Crippen LogP contribution in [-0.4, -0.2) is 27.6 Å². The van der Waals surface area contributed by atoms with E-state index < -0.39 is 5.97 Å². The molecule has 2 N–H and O–H groups in total. The lowest BCUT2D eigenvalue weighted by Gasteiger charge is -2.12. The summed E-state index contributed by atoms with van der Waals surface area (Å²) in [6, 6.07) is 3.54. The highest BCUT2D eigenvalue weighted by Crippen LogP contribution is 2.25. The van der Waals surface area contributed by atoms with Crippen LogP contribution in [0.15, 0.2) is 18.3 Å². The van der Waals surface area contributed by atoms with Crippen molar-refractivity contribution in [3.63, 3.8) is 0 Å². The molecule has 1 aliphatic carbocycles. The molecule has 92 valence electrons. The first-order valence-corrected chi connectivity index (χ1v) is 5.73. The van der Waals surface area contributed by atoms with E-state index in [1.54, 1.807) is 10.6 Å². The topological polar surface area (TPSA) is 71.3 Å². The summed E-state index contributed by atoms with van der Waals surface area (Å²) in [5, 5.41) is 11.8. The number of carbonyl (C=O) groups excluding carboxylic acids is 1. The lowest BCUT2D eigenvalue weighted by molar-refractivity contribution is -0.141. The second kappa shape index (κ2) is 4.61. The molecule has 17 heavy (non-hydrogen) atoms.